The van der Waals surface area contributed by atoms with E-state index in [1.807, 2.05) is 60.0 Å². The minimum absolute atomic E-state index is 0.182. The van der Waals surface area contributed by atoms with Crippen molar-refractivity contribution in [2.24, 2.45) is 0 Å². The van der Waals surface area contributed by atoms with Gasteiger partial charge in [-0.2, -0.15) is 0 Å². The fourth-order valence-corrected chi connectivity index (χ4v) is 4.37. The highest BCUT2D eigenvalue weighted by Gasteiger charge is 2.11. The molecule has 150 valence electrons. The summed E-state index contributed by atoms with van der Waals surface area (Å²) in [5.74, 6) is -0.303. The van der Waals surface area contributed by atoms with Gasteiger partial charge in [0.2, 0.25) is 0 Å². The summed E-state index contributed by atoms with van der Waals surface area (Å²) in [6, 6.07) is 23.3. The van der Waals surface area contributed by atoms with Gasteiger partial charge in [-0.25, -0.2) is 13.4 Å². The Balaban J connectivity index is 1.46. The molecule has 7 heteroatoms. The normalized spacial score (nSPS) is 11.2. The van der Waals surface area contributed by atoms with E-state index in [1.54, 1.807) is 11.3 Å². The average molecular weight is 435 g/mol. The van der Waals surface area contributed by atoms with Crippen molar-refractivity contribution in [3.05, 3.63) is 89.8 Å². The van der Waals surface area contributed by atoms with Crippen LogP contribution in [0.3, 0.4) is 0 Å². The van der Waals surface area contributed by atoms with Crippen LogP contribution in [0.4, 0.5) is 5.69 Å². The number of carbonyl (C=O) groups excluding carboxylic acids is 1. The van der Waals surface area contributed by atoms with Gasteiger partial charge in [0.05, 0.1) is 10.6 Å². The zero-order valence-corrected chi connectivity index (χ0v) is 17.7. The van der Waals surface area contributed by atoms with E-state index >= 15 is 0 Å². The van der Waals surface area contributed by atoms with Crippen molar-refractivity contribution in [2.45, 2.75) is 4.90 Å². The van der Waals surface area contributed by atoms with Gasteiger partial charge in [0.15, 0.2) is 9.84 Å². The number of nitrogens with zero attached hydrogens (tertiary/aromatic N) is 1. The third-order valence-corrected chi connectivity index (χ3v) is 6.53. The Bertz CT molecular complexity index is 1280. The maximum Gasteiger partial charge on any atom is 0.255 e. The SMILES string of the molecule is CS(=O)(=O)c1ccc(C(=O)Nc2ccc(-c3csc(-c4ccccc4)n3)cc2)cc1. The molecule has 0 atom stereocenters. The van der Waals surface area contributed by atoms with Crippen LogP contribution in [0.25, 0.3) is 21.8 Å². The van der Waals surface area contributed by atoms with Crippen LogP contribution >= 0.6 is 11.3 Å². The highest BCUT2D eigenvalue weighted by atomic mass is 32.2. The molecule has 1 heterocycles. The Morgan fingerprint density at radius 3 is 2.17 bits per heavy atom. The fraction of sp³-hybridized carbons (Fsp3) is 0.0435. The van der Waals surface area contributed by atoms with Crippen molar-refractivity contribution in [2.75, 3.05) is 11.6 Å². The number of sulfone groups is 1. The van der Waals surface area contributed by atoms with Crippen LogP contribution in [0.2, 0.25) is 0 Å². The van der Waals surface area contributed by atoms with Gasteiger partial charge in [0.25, 0.3) is 5.91 Å². The van der Waals surface area contributed by atoms with Crippen molar-refractivity contribution in [1.82, 2.24) is 4.98 Å². The molecular weight excluding hydrogens is 416 g/mol. The average Bonchev–Trinajstić information content (AvgIpc) is 3.25. The van der Waals surface area contributed by atoms with Crippen molar-refractivity contribution in [1.29, 1.82) is 0 Å². The van der Waals surface area contributed by atoms with Gasteiger partial charge in [0, 0.05) is 34.0 Å². The van der Waals surface area contributed by atoms with E-state index in [1.165, 1.54) is 24.3 Å². The van der Waals surface area contributed by atoms with E-state index in [0.29, 0.717) is 11.3 Å². The van der Waals surface area contributed by atoms with E-state index in [9.17, 15) is 13.2 Å². The zero-order valence-electron chi connectivity index (χ0n) is 16.1. The lowest BCUT2D eigenvalue weighted by Gasteiger charge is -2.07. The number of hydrogen-bond acceptors (Lipinski definition) is 5. The van der Waals surface area contributed by atoms with Crippen molar-refractivity contribution in [3.63, 3.8) is 0 Å². The molecule has 1 aromatic heterocycles. The minimum Gasteiger partial charge on any atom is -0.322 e. The van der Waals surface area contributed by atoms with Gasteiger partial charge in [0.1, 0.15) is 5.01 Å². The highest BCUT2D eigenvalue weighted by molar-refractivity contribution is 7.90. The lowest BCUT2D eigenvalue weighted by Crippen LogP contribution is -2.12. The first-order valence-corrected chi connectivity index (χ1v) is 11.9. The molecule has 0 saturated carbocycles. The van der Waals surface area contributed by atoms with Crippen LogP contribution in [0.1, 0.15) is 10.4 Å². The number of hydrogen-bond donors (Lipinski definition) is 1. The molecule has 0 radical (unpaired) electrons. The van der Waals surface area contributed by atoms with Crippen LogP contribution < -0.4 is 5.32 Å². The summed E-state index contributed by atoms with van der Waals surface area (Å²) in [5.41, 5.74) is 3.96. The lowest BCUT2D eigenvalue weighted by atomic mass is 10.1. The molecule has 0 aliphatic heterocycles. The lowest BCUT2D eigenvalue weighted by molar-refractivity contribution is 0.102. The quantitative estimate of drug-likeness (QED) is 0.472. The molecule has 3 aromatic carbocycles. The molecule has 0 bridgehead atoms. The van der Waals surface area contributed by atoms with E-state index in [2.05, 4.69) is 5.32 Å². The summed E-state index contributed by atoms with van der Waals surface area (Å²) in [5, 5.41) is 5.79. The molecule has 30 heavy (non-hydrogen) atoms. The maximum absolute atomic E-state index is 12.4. The van der Waals surface area contributed by atoms with Gasteiger partial charge >= 0.3 is 0 Å². The highest BCUT2D eigenvalue weighted by Crippen LogP contribution is 2.29. The van der Waals surface area contributed by atoms with E-state index in [-0.39, 0.29) is 10.8 Å². The Kier molecular flexibility index (Phi) is 5.48. The number of rotatable bonds is 5. The van der Waals surface area contributed by atoms with Gasteiger partial charge in [-0.15, -0.1) is 11.3 Å². The Labute approximate surface area is 179 Å². The molecule has 0 fully saturated rings. The van der Waals surface area contributed by atoms with Crippen molar-refractivity contribution >= 4 is 32.8 Å². The second-order valence-electron chi connectivity index (χ2n) is 6.73. The number of carbonyl (C=O) groups is 1. The van der Waals surface area contributed by atoms with Crippen LogP contribution in [-0.2, 0) is 9.84 Å². The second-order valence-corrected chi connectivity index (χ2v) is 9.61. The van der Waals surface area contributed by atoms with Crippen LogP contribution in [0.5, 0.6) is 0 Å². The standard InChI is InChI=1S/C23H18N2O3S2/c1-30(27,28)20-13-9-17(10-14-20)22(26)24-19-11-7-16(8-12-19)21-15-29-23(25-21)18-5-3-2-4-6-18/h2-15H,1H3,(H,24,26). The molecule has 0 saturated heterocycles. The van der Waals surface area contributed by atoms with Gasteiger partial charge in [-0.3, -0.25) is 4.79 Å². The summed E-state index contributed by atoms with van der Waals surface area (Å²) in [4.78, 5) is 17.3. The molecule has 4 aromatic rings. The van der Waals surface area contributed by atoms with Crippen LogP contribution in [0, 0.1) is 0 Å². The number of benzene rings is 3. The van der Waals surface area contributed by atoms with E-state index in [4.69, 9.17) is 4.98 Å². The zero-order chi connectivity index (χ0) is 21.1. The molecule has 5 nitrogen and oxygen atoms in total. The molecule has 0 aliphatic carbocycles. The van der Waals surface area contributed by atoms with Gasteiger partial charge in [-0.1, -0.05) is 42.5 Å². The fourth-order valence-electron chi connectivity index (χ4n) is 2.90. The third kappa shape index (κ3) is 4.48. The van der Waals surface area contributed by atoms with Gasteiger partial charge in [-0.05, 0) is 36.4 Å². The number of anilines is 1. The summed E-state index contributed by atoms with van der Waals surface area (Å²) in [7, 11) is -3.29. The number of amides is 1. The number of aromatic nitrogens is 1. The molecule has 1 amide bonds. The largest absolute Gasteiger partial charge is 0.322 e. The molecule has 0 spiro atoms. The Morgan fingerprint density at radius 1 is 0.867 bits per heavy atom. The van der Waals surface area contributed by atoms with E-state index in [0.717, 1.165) is 28.1 Å². The summed E-state index contributed by atoms with van der Waals surface area (Å²) in [6.07, 6.45) is 1.13. The molecule has 4 rings (SSSR count). The molecule has 1 N–H and O–H groups in total. The predicted molar refractivity (Wildman–Crippen MR) is 120 cm³/mol. The summed E-state index contributed by atoms with van der Waals surface area (Å²) in [6.45, 7) is 0. The van der Waals surface area contributed by atoms with Crippen LogP contribution in [-0.4, -0.2) is 25.6 Å². The van der Waals surface area contributed by atoms with Crippen molar-refractivity contribution in [3.8, 4) is 21.8 Å². The van der Waals surface area contributed by atoms with Crippen LogP contribution in [0.15, 0.2) is 89.1 Å². The van der Waals surface area contributed by atoms with Gasteiger partial charge < -0.3 is 5.32 Å². The molecule has 0 unspecified atom stereocenters. The first-order valence-electron chi connectivity index (χ1n) is 9.13. The Hall–Kier alpha value is -3.29. The first-order chi connectivity index (χ1) is 14.4. The van der Waals surface area contributed by atoms with E-state index < -0.39 is 9.84 Å². The Morgan fingerprint density at radius 2 is 1.53 bits per heavy atom. The molecule has 0 aliphatic rings. The monoisotopic (exact) mass is 434 g/mol. The smallest absolute Gasteiger partial charge is 0.255 e. The first kappa shape index (κ1) is 20.0. The minimum atomic E-state index is -3.29. The summed E-state index contributed by atoms with van der Waals surface area (Å²) < 4.78 is 23.1. The second kappa shape index (κ2) is 8.22. The summed E-state index contributed by atoms with van der Waals surface area (Å²) >= 11 is 1.59. The number of nitrogens with one attached hydrogen (secondary N) is 1. The third-order valence-electron chi connectivity index (χ3n) is 4.51. The maximum atomic E-state index is 12.4. The molecular formula is C23H18N2O3S2. The predicted octanol–water partition coefficient (Wildman–Crippen LogP) is 5.13. The van der Waals surface area contributed by atoms with Crippen molar-refractivity contribution < 1.29 is 13.2 Å². The number of thiazole rings is 1. The topological polar surface area (TPSA) is 76.1 Å².